The van der Waals surface area contributed by atoms with Crippen molar-refractivity contribution in [2.24, 2.45) is 5.41 Å². The number of hydrogen-bond donors (Lipinski definition) is 3. The molecule has 7 nitrogen and oxygen atoms in total. The number of methoxy groups -OCH3 is 1. The van der Waals surface area contributed by atoms with Gasteiger partial charge in [-0.1, -0.05) is 109 Å². The highest BCUT2D eigenvalue weighted by atomic mass is 16.5. The third kappa shape index (κ3) is 8.51. The number of fused-ring (bicyclic) bond motifs is 1. The van der Waals surface area contributed by atoms with Crippen LogP contribution in [0.25, 0.3) is 0 Å². The normalized spacial score (nSPS) is 26.3. The zero-order chi connectivity index (χ0) is 29.7. The van der Waals surface area contributed by atoms with Gasteiger partial charge in [-0.3, -0.25) is 4.79 Å². The Balaban J connectivity index is 1.88. The number of cyclic esters (lactones) is 1. The zero-order valence-corrected chi connectivity index (χ0v) is 23.5. The van der Waals surface area contributed by atoms with Crippen LogP contribution in [0.15, 0.2) is 139 Å². The van der Waals surface area contributed by atoms with E-state index in [2.05, 4.69) is 5.32 Å². The highest BCUT2D eigenvalue weighted by Crippen LogP contribution is 2.45. The average Bonchev–Trinajstić information content (AvgIpc) is 3.14. The number of hydrogen-bond acceptors (Lipinski definition) is 6. The third-order valence-corrected chi connectivity index (χ3v) is 6.72. The van der Waals surface area contributed by atoms with Crippen LogP contribution < -0.4 is 5.32 Å². The lowest BCUT2D eigenvalue weighted by molar-refractivity contribution is -0.136. The van der Waals surface area contributed by atoms with E-state index in [1.807, 2.05) is 54.6 Å². The Morgan fingerprint density at radius 2 is 1.56 bits per heavy atom. The third-order valence-electron chi connectivity index (χ3n) is 6.72. The summed E-state index contributed by atoms with van der Waals surface area (Å²) in [5.41, 5.74) is -0.327. The van der Waals surface area contributed by atoms with E-state index in [1.165, 1.54) is 13.2 Å². The summed E-state index contributed by atoms with van der Waals surface area (Å²) in [7, 11) is 1.35. The predicted molar refractivity (Wildman–Crippen MR) is 160 cm³/mol. The van der Waals surface area contributed by atoms with E-state index in [-0.39, 0.29) is 23.3 Å². The van der Waals surface area contributed by atoms with Crippen molar-refractivity contribution in [1.29, 1.82) is 0 Å². The maximum absolute atomic E-state index is 13.1. The lowest BCUT2D eigenvalue weighted by Crippen LogP contribution is -2.37. The lowest BCUT2D eigenvalue weighted by atomic mass is 9.80. The fourth-order valence-corrected chi connectivity index (χ4v) is 4.52. The first-order chi connectivity index (χ1) is 19.8. The van der Waals surface area contributed by atoms with Gasteiger partial charge >= 0.3 is 5.97 Å². The molecule has 0 fully saturated rings. The van der Waals surface area contributed by atoms with Crippen molar-refractivity contribution < 1.29 is 29.3 Å². The zero-order valence-electron chi connectivity index (χ0n) is 23.5. The molecule has 4 unspecified atom stereocenters. The van der Waals surface area contributed by atoms with Gasteiger partial charge in [0.15, 0.2) is 0 Å². The highest BCUT2D eigenvalue weighted by Gasteiger charge is 2.53. The Morgan fingerprint density at radius 1 is 0.927 bits per heavy atom. The second-order valence-electron chi connectivity index (χ2n) is 9.70. The van der Waals surface area contributed by atoms with Crippen LogP contribution in [0, 0.1) is 5.41 Å². The highest BCUT2D eigenvalue weighted by molar-refractivity contribution is 5.93. The van der Waals surface area contributed by atoms with Crippen molar-refractivity contribution in [3.8, 4) is 0 Å². The Labute approximate surface area is 241 Å². The first-order valence-electron chi connectivity index (χ1n) is 13.4. The molecule has 0 saturated heterocycles. The van der Waals surface area contributed by atoms with Crippen LogP contribution in [0.5, 0.6) is 0 Å². The van der Waals surface area contributed by atoms with Gasteiger partial charge in [0, 0.05) is 13.2 Å². The maximum Gasteiger partial charge on any atom is 0.343 e. The number of carbonyl (C=O) groups is 2. The van der Waals surface area contributed by atoms with Crippen molar-refractivity contribution in [2.75, 3.05) is 7.11 Å². The molecule has 1 amide bonds. The SMILES string of the molecule is COC1C(O)=C2C(=O)OC(C)=CC=CC=CC=CCC(c3ccccc3)NC(=O)C=CC=CC=CC=CC2(C)C1O. The van der Waals surface area contributed by atoms with E-state index in [9.17, 15) is 19.8 Å². The minimum Gasteiger partial charge on any atom is -0.509 e. The molecule has 7 heteroatoms. The van der Waals surface area contributed by atoms with Crippen molar-refractivity contribution in [3.63, 3.8) is 0 Å². The number of nitrogens with one attached hydrogen (secondary N) is 1. The molecular formula is C34H37NO6. The molecule has 0 aromatic heterocycles. The average molecular weight is 556 g/mol. The van der Waals surface area contributed by atoms with Crippen LogP contribution in [0.2, 0.25) is 0 Å². The van der Waals surface area contributed by atoms with Gasteiger partial charge in [0.1, 0.15) is 23.7 Å². The van der Waals surface area contributed by atoms with Gasteiger partial charge in [0.05, 0.1) is 17.0 Å². The van der Waals surface area contributed by atoms with E-state index in [1.54, 1.807) is 74.6 Å². The molecule has 3 N–H and O–H groups in total. The Morgan fingerprint density at radius 3 is 2.27 bits per heavy atom. The number of esters is 1. The van der Waals surface area contributed by atoms with Crippen LogP contribution in [0.3, 0.4) is 0 Å². The second kappa shape index (κ2) is 15.4. The molecule has 214 valence electrons. The molecule has 0 bridgehead atoms. The van der Waals surface area contributed by atoms with Gasteiger partial charge in [-0.05, 0) is 31.9 Å². The van der Waals surface area contributed by atoms with E-state index < -0.39 is 23.6 Å². The topological polar surface area (TPSA) is 105 Å². The van der Waals surface area contributed by atoms with Crippen LogP contribution in [0.4, 0.5) is 0 Å². The molecule has 2 aliphatic rings. The van der Waals surface area contributed by atoms with Gasteiger partial charge in [-0.25, -0.2) is 4.79 Å². The van der Waals surface area contributed by atoms with E-state index in [0.717, 1.165) is 5.56 Å². The molecule has 1 aliphatic heterocycles. The second-order valence-corrected chi connectivity index (χ2v) is 9.70. The lowest BCUT2D eigenvalue weighted by Gasteiger charge is -2.28. The molecule has 41 heavy (non-hydrogen) atoms. The Hall–Kier alpha value is -4.46. The summed E-state index contributed by atoms with van der Waals surface area (Å²) in [5, 5.41) is 24.7. The van der Waals surface area contributed by atoms with Crippen LogP contribution in [-0.4, -0.2) is 41.4 Å². The molecule has 0 spiro atoms. The first-order valence-corrected chi connectivity index (χ1v) is 13.4. The van der Waals surface area contributed by atoms with E-state index >= 15 is 0 Å². The van der Waals surface area contributed by atoms with Crippen molar-refractivity contribution in [1.82, 2.24) is 5.32 Å². The summed E-state index contributed by atoms with van der Waals surface area (Å²) >= 11 is 0. The number of amides is 1. The molecule has 0 radical (unpaired) electrons. The minimum absolute atomic E-state index is 0.0731. The first kappa shape index (κ1) is 31.1. The molecule has 0 saturated carbocycles. The van der Waals surface area contributed by atoms with Gasteiger partial charge in [-0.15, -0.1) is 0 Å². The van der Waals surface area contributed by atoms with Gasteiger partial charge in [0.2, 0.25) is 5.91 Å². The summed E-state index contributed by atoms with van der Waals surface area (Å²) in [4.78, 5) is 25.7. The largest absolute Gasteiger partial charge is 0.509 e. The summed E-state index contributed by atoms with van der Waals surface area (Å²) in [6.07, 6.45) is 24.3. The number of benzene rings is 1. The number of aliphatic hydroxyl groups excluding tert-OH is 2. The van der Waals surface area contributed by atoms with Crippen LogP contribution >= 0.6 is 0 Å². The smallest absolute Gasteiger partial charge is 0.343 e. The molecule has 1 aromatic rings. The van der Waals surface area contributed by atoms with Crippen LogP contribution in [-0.2, 0) is 19.1 Å². The molecular weight excluding hydrogens is 518 g/mol. The molecule has 1 aliphatic carbocycles. The number of ether oxygens (including phenoxy) is 2. The maximum atomic E-state index is 13.1. The van der Waals surface area contributed by atoms with Gasteiger partial charge < -0.3 is 25.0 Å². The van der Waals surface area contributed by atoms with Crippen molar-refractivity contribution in [2.45, 2.75) is 38.5 Å². The molecule has 3 rings (SSSR count). The number of rotatable bonds is 2. The van der Waals surface area contributed by atoms with E-state index in [4.69, 9.17) is 9.47 Å². The Kier molecular flexibility index (Phi) is 11.6. The van der Waals surface area contributed by atoms with Gasteiger partial charge in [-0.2, -0.15) is 0 Å². The molecule has 1 aromatic carbocycles. The number of aliphatic hydroxyl groups is 2. The van der Waals surface area contributed by atoms with Crippen LogP contribution in [0.1, 0.15) is 31.9 Å². The quantitative estimate of drug-likeness (QED) is 0.399. The summed E-state index contributed by atoms with van der Waals surface area (Å²) in [6.45, 7) is 3.26. The molecule has 1 heterocycles. The standard InChI is InChI=1S/C34H37NO6/c1-25-19-13-8-4-5-9-16-22-27(26-20-14-12-15-21-26)35-28(36)23-17-10-6-7-11-18-24-34(2)29(33(39)41-25)30(37)31(40-3)32(34)38/h4-21,23-24,27,31-32,37-38H,22H2,1-3H3,(H,35,36). The Bertz CT molecular complexity index is 1340. The van der Waals surface area contributed by atoms with Crippen molar-refractivity contribution >= 4 is 11.9 Å². The summed E-state index contributed by atoms with van der Waals surface area (Å²) < 4.78 is 10.7. The van der Waals surface area contributed by atoms with E-state index in [0.29, 0.717) is 12.2 Å². The summed E-state index contributed by atoms with van der Waals surface area (Å²) in [6, 6.07) is 9.60. The molecule has 4 atom stereocenters. The summed E-state index contributed by atoms with van der Waals surface area (Å²) in [5.74, 6) is -1.04. The van der Waals surface area contributed by atoms with Crippen molar-refractivity contribution in [3.05, 3.63) is 144 Å². The monoisotopic (exact) mass is 555 g/mol. The minimum atomic E-state index is -1.26. The predicted octanol–water partition coefficient (Wildman–Crippen LogP) is 5.80. The fraction of sp³-hybridized carbons (Fsp3) is 0.235. The van der Waals surface area contributed by atoms with Gasteiger partial charge in [0.25, 0.3) is 0 Å². The number of allylic oxidation sites excluding steroid dienone is 13. The fourth-order valence-electron chi connectivity index (χ4n) is 4.52. The number of carbonyl (C=O) groups excluding carboxylic acids is 2.